The zero-order valence-electron chi connectivity index (χ0n) is 17.2. The average molecular weight is 487 g/mol. The molecular weight excluding hydrogens is 467 g/mol. The topological polar surface area (TPSA) is 135 Å². The summed E-state index contributed by atoms with van der Waals surface area (Å²) in [6.45, 7) is 0.764. The summed E-state index contributed by atoms with van der Waals surface area (Å²) in [6, 6.07) is 5.04. The molecule has 0 aliphatic rings. The maximum absolute atomic E-state index is 14.9. The van der Waals surface area contributed by atoms with E-state index in [1.165, 1.54) is 22.8 Å². The molecule has 0 fully saturated rings. The maximum Gasteiger partial charge on any atom is 0.299 e. The number of carbonyl (C=O) groups excluding carboxylic acids is 1. The van der Waals surface area contributed by atoms with Crippen molar-refractivity contribution < 1.29 is 36.3 Å². The summed E-state index contributed by atoms with van der Waals surface area (Å²) in [5.74, 6) is -4.81. The summed E-state index contributed by atoms with van der Waals surface area (Å²) in [5, 5.41) is 8.68. The normalized spacial score (nSPS) is 11.7. The first-order chi connectivity index (χ1) is 15.7. The molecule has 1 aromatic heterocycles. The van der Waals surface area contributed by atoms with E-state index in [4.69, 9.17) is 5.11 Å². The number of hydroxylamine groups is 1. The summed E-state index contributed by atoms with van der Waals surface area (Å²) in [6.07, 6.45) is 1.13. The van der Waals surface area contributed by atoms with Gasteiger partial charge in [0.25, 0.3) is 16.1 Å². The molecule has 0 saturated carbocycles. The second-order valence-electron chi connectivity index (χ2n) is 6.68. The van der Waals surface area contributed by atoms with Gasteiger partial charge in [0.2, 0.25) is 0 Å². The van der Waals surface area contributed by atoms with Gasteiger partial charge >= 0.3 is 0 Å². The quantitative estimate of drug-likeness (QED) is 0.252. The highest BCUT2D eigenvalue weighted by Crippen LogP contribution is 2.25. The molecule has 10 nitrogen and oxygen atoms in total. The summed E-state index contributed by atoms with van der Waals surface area (Å²) in [7, 11) is -3.98. The predicted octanol–water partition coefficient (Wildman–Crippen LogP) is 1.42. The van der Waals surface area contributed by atoms with E-state index in [0.717, 1.165) is 12.4 Å². The molecule has 0 unspecified atom stereocenters. The molecule has 33 heavy (non-hydrogen) atoms. The third-order valence-electron chi connectivity index (χ3n) is 4.40. The first-order valence-corrected chi connectivity index (χ1v) is 11.1. The van der Waals surface area contributed by atoms with Crippen molar-refractivity contribution in [1.82, 2.24) is 19.8 Å². The van der Waals surface area contributed by atoms with Crippen molar-refractivity contribution in [3.63, 3.8) is 0 Å². The molecule has 0 aliphatic carbocycles. The van der Waals surface area contributed by atoms with Crippen molar-refractivity contribution in [3.8, 4) is 0 Å². The zero-order valence-corrected chi connectivity index (χ0v) is 18.0. The van der Waals surface area contributed by atoms with Crippen molar-refractivity contribution in [2.75, 3.05) is 24.5 Å². The molecule has 3 rings (SSSR count). The number of nitrogens with zero attached hydrogens (tertiary/aromatic N) is 2. The molecule has 2 aromatic carbocycles. The number of anilines is 1. The Labute approximate surface area is 186 Å². The summed E-state index contributed by atoms with van der Waals surface area (Å²) < 4.78 is 73.0. The maximum atomic E-state index is 14.9. The lowest BCUT2D eigenvalue weighted by molar-refractivity contribution is 0.0165. The number of halogens is 3. The number of nitrogens with one attached hydrogen (secondary N) is 3. The SMILES string of the molecule is CCNS(=O)(=O)Nc1cccc(Cn2cnc3c(F)c(F)c(C(=O)NOCCO)cc32)c1F. The molecule has 178 valence electrons. The van der Waals surface area contributed by atoms with Gasteiger partial charge in [-0.05, 0) is 12.1 Å². The van der Waals surface area contributed by atoms with Crippen LogP contribution in [-0.2, 0) is 21.6 Å². The van der Waals surface area contributed by atoms with E-state index in [1.54, 1.807) is 6.92 Å². The molecule has 0 saturated heterocycles. The van der Waals surface area contributed by atoms with Gasteiger partial charge in [0, 0.05) is 12.1 Å². The number of amides is 1. The van der Waals surface area contributed by atoms with E-state index in [2.05, 4.69) is 19.3 Å². The van der Waals surface area contributed by atoms with Crippen LogP contribution in [0.25, 0.3) is 11.0 Å². The van der Waals surface area contributed by atoms with E-state index < -0.39 is 45.7 Å². The van der Waals surface area contributed by atoms with Crippen molar-refractivity contribution >= 4 is 32.8 Å². The van der Waals surface area contributed by atoms with Crippen LogP contribution < -0.4 is 14.9 Å². The second-order valence-corrected chi connectivity index (χ2v) is 8.18. The smallest absolute Gasteiger partial charge is 0.299 e. The minimum absolute atomic E-state index is 0.0146. The number of aliphatic hydroxyl groups excluding tert-OH is 1. The Bertz CT molecular complexity index is 1280. The summed E-state index contributed by atoms with van der Waals surface area (Å²) in [5.41, 5.74) is 0.502. The third-order valence-corrected chi connectivity index (χ3v) is 5.55. The molecule has 0 aliphatic heterocycles. The predicted molar refractivity (Wildman–Crippen MR) is 112 cm³/mol. The minimum Gasteiger partial charge on any atom is -0.394 e. The van der Waals surface area contributed by atoms with Crippen molar-refractivity contribution in [2.24, 2.45) is 0 Å². The fourth-order valence-electron chi connectivity index (χ4n) is 2.98. The Morgan fingerprint density at radius 3 is 2.67 bits per heavy atom. The zero-order chi connectivity index (χ0) is 24.2. The van der Waals surface area contributed by atoms with Crippen molar-refractivity contribution in [2.45, 2.75) is 13.5 Å². The van der Waals surface area contributed by atoms with E-state index >= 15 is 0 Å². The van der Waals surface area contributed by atoms with Crippen molar-refractivity contribution in [3.05, 3.63) is 59.2 Å². The highest BCUT2D eigenvalue weighted by molar-refractivity contribution is 7.90. The molecule has 14 heteroatoms. The monoisotopic (exact) mass is 487 g/mol. The number of aromatic nitrogens is 2. The van der Waals surface area contributed by atoms with Crippen LogP contribution in [-0.4, -0.2) is 48.7 Å². The molecule has 1 heterocycles. The third kappa shape index (κ3) is 5.42. The second kappa shape index (κ2) is 10.2. The number of rotatable bonds is 10. The van der Waals surface area contributed by atoms with Gasteiger partial charge in [0.05, 0.1) is 42.9 Å². The molecule has 4 N–H and O–H groups in total. The Hall–Kier alpha value is -3.20. The van der Waals surface area contributed by atoms with Crippen LogP contribution in [0.4, 0.5) is 18.9 Å². The lowest BCUT2D eigenvalue weighted by Gasteiger charge is -2.12. The molecule has 0 bridgehead atoms. The molecule has 0 spiro atoms. The largest absolute Gasteiger partial charge is 0.394 e. The van der Waals surface area contributed by atoms with E-state index in [-0.39, 0.29) is 42.0 Å². The first-order valence-electron chi connectivity index (χ1n) is 9.59. The van der Waals surface area contributed by atoms with Gasteiger partial charge in [0.1, 0.15) is 5.52 Å². The van der Waals surface area contributed by atoms with Crippen LogP contribution in [0.2, 0.25) is 0 Å². The lowest BCUT2D eigenvalue weighted by Crippen LogP contribution is -2.30. The number of aliphatic hydroxyl groups is 1. The van der Waals surface area contributed by atoms with Crippen LogP contribution in [0.15, 0.2) is 30.6 Å². The van der Waals surface area contributed by atoms with Gasteiger partial charge in [0.15, 0.2) is 17.5 Å². The van der Waals surface area contributed by atoms with Crippen molar-refractivity contribution in [1.29, 1.82) is 0 Å². The van der Waals surface area contributed by atoms with E-state index in [1.807, 2.05) is 5.48 Å². The number of hydrogen-bond acceptors (Lipinski definition) is 6. The summed E-state index contributed by atoms with van der Waals surface area (Å²) >= 11 is 0. The van der Waals surface area contributed by atoms with Gasteiger partial charge < -0.3 is 9.67 Å². The first kappa shape index (κ1) is 24.4. The van der Waals surface area contributed by atoms with Gasteiger partial charge in [-0.2, -0.15) is 13.1 Å². The standard InChI is InChI=1S/C19H20F3N5O5S/c1-2-24-33(30,31)26-13-5-3-4-11(15(13)20)9-27-10-23-18-14(27)8-12(16(21)17(18)22)19(29)25-32-7-6-28/h3-5,8,10,24,26,28H,2,6-7,9H2,1H3,(H,25,29). The Morgan fingerprint density at radius 1 is 1.21 bits per heavy atom. The Balaban J connectivity index is 1.96. The molecule has 0 atom stereocenters. The number of benzene rings is 2. The molecule has 1 amide bonds. The van der Waals surface area contributed by atoms with Crippen LogP contribution in [0.3, 0.4) is 0 Å². The van der Waals surface area contributed by atoms with Gasteiger partial charge in [-0.3, -0.25) is 14.4 Å². The Morgan fingerprint density at radius 2 is 1.97 bits per heavy atom. The Kier molecular flexibility index (Phi) is 7.53. The van der Waals surface area contributed by atoms with E-state index in [0.29, 0.717) is 0 Å². The number of fused-ring (bicyclic) bond motifs is 1. The molecule has 0 radical (unpaired) electrons. The van der Waals surface area contributed by atoms with Crippen LogP contribution in [0, 0.1) is 17.5 Å². The van der Waals surface area contributed by atoms with Gasteiger partial charge in [-0.1, -0.05) is 19.1 Å². The minimum atomic E-state index is -3.98. The number of imidazole rings is 1. The van der Waals surface area contributed by atoms with Crippen LogP contribution >= 0.6 is 0 Å². The van der Waals surface area contributed by atoms with Gasteiger partial charge in [-0.15, -0.1) is 0 Å². The van der Waals surface area contributed by atoms with Crippen LogP contribution in [0.1, 0.15) is 22.8 Å². The van der Waals surface area contributed by atoms with Crippen LogP contribution in [0.5, 0.6) is 0 Å². The molecule has 3 aromatic rings. The van der Waals surface area contributed by atoms with E-state index in [9.17, 15) is 26.4 Å². The fourth-order valence-corrected chi connectivity index (χ4v) is 3.88. The van der Waals surface area contributed by atoms with Gasteiger partial charge in [-0.25, -0.2) is 23.6 Å². The summed E-state index contributed by atoms with van der Waals surface area (Å²) in [4.78, 5) is 20.5. The fraction of sp³-hybridized carbons (Fsp3) is 0.263. The highest BCUT2D eigenvalue weighted by Gasteiger charge is 2.23. The average Bonchev–Trinajstić information content (AvgIpc) is 3.16. The molecular formula is C19H20F3N5O5S. The highest BCUT2D eigenvalue weighted by atomic mass is 32.2. The number of hydrogen-bond donors (Lipinski definition) is 4. The lowest BCUT2D eigenvalue weighted by atomic mass is 10.1. The number of carbonyl (C=O) groups is 1.